The Kier molecular flexibility index (Phi) is 2.41. The van der Waals surface area contributed by atoms with Gasteiger partial charge in [0.25, 0.3) is 0 Å². The van der Waals surface area contributed by atoms with Crippen LogP contribution in [-0.2, 0) is 0 Å². The average molecular weight is 242 g/mol. The van der Waals surface area contributed by atoms with Gasteiger partial charge in [-0.3, -0.25) is 0 Å². The summed E-state index contributed by atoms with van der Waals surface area (Å²) in [5.41, 5.74) is 4.56. The normalized spacial score (nSPS) is 10.9. The van der Waals surface area contributed by atoms with Crippen LogP contribution >= 0.6 is 11.6 Å². The summed E-state index contributed by atoms with van der Waals surface area (Å²) in [4.78, 5) is 3.44. The van der Waals surface area contributed by atoms with Gasteiger partial charge in [-0.2, -0.15) is 0 Å². The predicted molar refractivity (Wildman–Crippen MR) is 73.5 cm³/mol. The Morgan fingerprint density at radius 3 is 2.41 bits per heavy atom. The van der Waals surface area contributed by atoms with Crippen molar-refractivity contribution in [1.29, 1.82) is 0 Å². The van der Waals surface area contributed by atoms with Gasteiger partial charge in [-0.1, -0.05) is 48.0 Å². The van der Waals surface area contributed by atoms with Gasteiger partial charge in [0, 0.05) is 21.5 Å². The molecule has 1 heterocycles. The molecular weight excluding hydrogens is 230 g/mol. The Morgan fingerprint density at radius 2 is 1.65 bits per heavy atom. The number of aromatic amines is 1. The van der Waals surface area contributed by atoms with E-state index >= 15 is 0 Å². The topological polar surface area (TPSA) is 15.8 Å². The van der Waals surface area contributed by atoms with Gasteiger partial charge in [-0.15, -0.1) is 0 Å². The quantitative estimate of drug-likeness (QED) is 0.630. The Balaban J connectivity index is 2.32. The second kappa shape index (κ2) is 3.94. The number of H-pyrrole nitrogens is 1. The van der Waals surface area contributed by atoms with Gasteiger partial charge in [-0.25, -0.2) is 0 Å². The summed E-state index contributed by atoms with van der Waals surface area (Å²) in [5.74, 6) is 0. The molecule has 0 aliphatic rings. The molecule has 0 saturated carbocycles. The highest BCUT2D eigenvalue weighted by Gasteiger charge is 2.10. The minimum absolute atomic E-state index is 0.780. The number of para-hydroxylation sites is 1. The molecule has 0 amide bonds. The fraction of sp³-hybridized carbons (Fsp3) is 0.0667. The lowest BCUT2D eigenvalue weighted by molar-refractivity contribution is 1.41. The molecule has 0 unspecified atom stereocenters. The van der Waals surface area contributed by atoms with Gasteiger partial charge in [0.1, 0.15) is 0 Å². The van der Waals surface area contributed by atoms with Crippen LogP contribution in [-0.4, -0.2) is 4.98 Å². The Bertz CT molecular complexity index is 682. The number of halogens is 1. The summed E-state index contributed by atoms with van der Waals surface area (Å²) in [6.07, 6.45) is 0. The smallest absolute Gasteiger partial charge is 0.0509 e. The van der Waals surface area contributed by atoms with Crippen molar-refractivity contribution in [3.8, 4) is 11.3 Å². The van der Waals surface area contributed by atoms with Crippen LogP contribution in [0.5, 0.6) is 0 Å². The van der Waals surface area contributed by atoms with Crippen LogP contribution in [0.15, 0.2) is 48.5 Å². The summed E-state index contributed by atoms with van der Waals surface area (Å²) in [7, 11) is 0. The Morgan fingerprint density at radius 1 is 0.941 bits per heavy atom. The number of hydrogen-bond donors (Lipinski definition) is 1. The molecular formula is C15H12ClN. The number of rotatable bonds is 1. The lowest BCUT2D eigenvalue weighted by Crippen LogP contribution is -1.81. The second-order valence-electron chi connectivity index (χ2n) is 4.15. The van der Waals surface area contributed by atoms with E-state index in [9.17, 15) is 0 Å². The Hall–Kier alpha value is -1.73. The van der Waals surface area contributed by atoms with Crippen molar-refractivity contribution >= 4 is 22.5 Å². The van der Waals surface area contributed by atoms with Gasteiger partial charge >= 0.3 is 0 Å². The molecule has 0 aliphatic carbocycles. The fourth-order valence-electron chi connectivity index (χ4n) is 2.22. The van der Waals surface area contributed by atoms with E-state index in [1.807, 2.05) is 30.3 Å². The number of hydrogen-bond acceptors (Lipinski definition) is 0. The molecule has 0 atom stereocenters. The predicted octanol–water partition coefficient (Wildman–Crippen LogP) is 4.80. The minimum Gasteiger partial charge on any atom is -0.354 e. The summed E-state index contributed by atoms with van der Waals surface area (Å²) < 4.78 is 0. The molecule has 2 heteroatoms. The van der Waals surface area contributed by atoms with Crippen LogP contribution in [0.2, 0.25) is 5.02 Å². The molecule has 1 N–H and O–H groups in total. The minimum atomic E-state index is 0.780. The third kappa shape index (κ3) is 1.63. The number of nitrogens with one attached hydrogen (secondary N) is 1. The maximum Gasteiger partial charge on any atom is 0.0509 e. The molecule has 17 heavy (non-hydrogen) atoms. The largest absolute Gasteiger partial charge is 0.354 e. The third-order valence-electron chi connectivity index (χ3n) is 3.11. The first-order valence-electron chi connectivity index (χ1n) is 5.59. The van der Waals surface area contributed by atoms with E-state index in [2.05, 4.69) is 30.1 Å². The van der Waals surface area contributed by atoms with Crippen LogP contribution in [0.25, 0.3) is 22.2 Å². The van der Waals surface area contributed by atoms with E-state index in [0.717, 1.165) is 21.8 Å². The highest BCUT2D eigenvalue weighted by molar-refractivity contribution is 6.33. The monoisotopic (exact) mass is 241 g/mol. The molecule has 84 valence electrons. The van der Waals surface area contributed by atoms with Crippen molar-refractivity contribution in [2.75, 3.05) is 0 Å². The average Bonchev–Trinajstić information content (AvgIpc) is 2.68. The van der Waals surface area contributed by atoms with Crippen LogP contribution in [0, 0.1) is 6.92 Å². The summed E-state index contributed by atoms with van der Waals surface area (Å²) in [6, 6.07) is 16.2. The zero-order valence-corrected chi connectivity index (χ0v) is 10.3. The molecule has 0 bridgehead atoms. The first-order chi connectivity index (χ1) is 8.27. The van der Waals surface area contributed by atoms with Crippen molar-refractivity contribution in [1.82, 2.24) is 4.98 Å². The molecule has 0 fully saturated rings. The number of fused-ring (bicyclic) bond motifs is 1. The second-order valence-corrected chi connectivity index (χ2v) is 4.56. The molecule has 1 nitrogen and oxygen atoms in total. The van der Waals surface area contributed by atoms with E-state index in [1.165, 1.54) is 10.9 Å². The van der Waals surface area contributed by atoms with E-state index < -0.39 is 0 Å². The highest BCUT2D eigenvalue weighted by Crippen LogP contribution is 2.33. The van der Waals surface area contributed by atoms with Crippen LogP contribution in [0.4, 0.5) is 0 Å². The lowest BCUT2D eigenvalue weighted by Gasteiger charge is -2.02. The first kappa shape index (κ1) is 10.4. The van der Waals surface area contributed by atoms with E-state index in [4.69, 9.17) is 11.6 Å². The summed E-state index contributed by atoms with van der Waals surface area (Å²) in [6.45, 7) is 2.12. The van der Waals surface area contributed by atoms with Crippen molar-refractivity contribution in [3.05, 3.63) is 59.1 Å². The van der Waals surface area contributed by atoms with Crippen LogP contribution < -0.4 is 0 Å². The van der Waals surface area contributed by atoms with Crippen LogP contribution in [0.3, 0.4) is 0 Å². The van der Waals surface area contributed by atoms with E-state index in [0.29, 0.717) is 0 Å². The van der Waals surface area contributed by atoms with Gasteiger partial charge in [0.2, 0.25) is 0 Å². The summed E-state index contributed by atoms with van der Waals surface area (Å²) >= 11 is 6.24. The lowest BCUT2D eigenvalue weighted by atomic mass is 10.1. The third-order valence-corrected chi connectivity index (χ3v) is 3.44. The molecule has 0 saturated heterocycles. The summed E-state index contributed by atoms with van der Waals surface area (Å²) in [5, 5.41) is 2.03. The van der Waals surface area contributed by atoms with Crippen molar-refractivity contribution in [2.24, 2.45) is 0 Å². The van der Waals surface area contributed by atoms with E-state index in [-0.39, 0.29) is 0 Å². The number of aryl methyl sites for hydroxylation is 1. The highest BCUT2D eigenvalue weighted by atomic mass is 35.5. The van der Waals surface area contributed by atoms with Crippen molar-refractivity contribution in [2.45, 2.75) is 6.92 Å². The van der Waals surface area contributed by atoms with Crippen molar-refractivity contribution in [3.63, 3.8) is 0 Å². The Labute approximate surface area is 105 Å². The zero-order valence-electron chi connectivity index (χ0n) is 9.50. The molecule has 0 aliphatic heterocycles. The van der Waals surface area contributed by atoms with Crippen molar-refractivity contribution < 1.29 is 0 Å². The van der Waals surface area contributed by atoms with E-state index in [1.54, 1.807) is 0 Å². The number of benzene rings is 2. The molecule has 0 spiro atoms. The molecule has 1 aromatic heterocycles. The van der Waals surface area contributed by atoms with Crippen LogP contribution in [0.1, 0.15) is 5.56 Å². The standard InChI is InChI=1S/C15H12ClN/c1-10-11-6-3-5-9-14(11)17-15(10)12-7-2-4-8-13(12)16/h2-9,17H,1H3. The van der Waals surface area contributed by atoms with Gasteiger partial charge in [0.05, 0.1) is 5.69 Å². The maximum absolute atomic E-state index is 6.24. The van der Waals surface area contributed by atoms with Gasteiger partial charge < -0.3 is 4.98 Å². The SMILES string of the molecule is Cc1c(-c2ccccc2Cl)[nH]c2ccccc12. The fourth-order valence-corrected chi connectivity index (χ4v) is 2.45. The number of aromatic nitrogens is 1. The molecule has 3 rings (SSSR count). The molecule has 0 radical (unpaired) electrons. The molecule has 3 aromatic rings. The zero-order chi connectivity index (χ0) is 11.8. The van der Waals surface area contributed by atoms with Gasteiger partial charge in [0.15, 0.2) is 0 Å². The molecule has 2 aromatic carbocycles. The first-order valence-corrected chi connectivity index (χ1v) is 5.97. The van der Waals surface area contributed by atoms with Gasteiger partial charge in [-0.05, 0) is 24.6 Å². The maximum atomic E-state index is 6.24.